The molecule has 36 heavy (non-hydrogen) atoms. The van der Waals surface area contributed by atoms with Crippen molar-refractivity contribution in [3.8, 4) is 0 Å². The molecular formula is C25H35NO8P2. The minimum atomic E-state index is -3.63. The highest BCUT2D eigenvalue weighted by Gasteiger charge is 2.34. The molecule has 2 aromatic rings. The van der Waals surface area contributed by atoms with Crippen LogP contribution in [-0.4, -0.2) is 63.3 Å². The maximum absolute atomic E-state index is 13.5. The molecule has 0 heterocycles. The average molecular weight is 540 g/mol. The Morgan fingerprint density at radius 2 is 1.14 bits per heavy atom. The van der Waals surface area contributed by atoms with Gasteiger partial charge >= 0.3 is 15.2 Å². The largest absolute Gasteiger partial charge is 0.337 e. The van der Waals surface area contributed by atoms with E-state index in [2.05, 4.69) is 0 Å². The van der Waals surface area contributed by atoms with Crippen LogP contribution in [0.5, 0.6) is 0 Å². The summed E-state index contributed by atoms with van der Waals surface area (Å²) in [6.07, 6.45) is -0.754. The van der Waals surface area contributed by atoms with Crippen LogP contribution < -0.4 is 0 Å². The lowest BCUT2D eigenvalue weighted by atomic mass is 10.0. The molecule has 0 bridgehead atoms. The second kappa shape index (κ2) is 14.7. The minimum Gasteiger partial charge on any atom is -0.312 e. The fraction of sp³-hybridized carbons (Fsp3) is 0.440. The Balaban J connectivity index is 2.36. The molecule has 0 aromatic heterocycles. The van der Waals surface area contributed by atoms with Gasteiger partial charge in [-0.15, -0.1) is 0 Å². The van der Waals surface area contributed by atoms with Crippen LogP contribution in [-0.2, 0) is 49.9 Å². The Morgan fingerprint density at radius 1 is 0.722 bits per heavy atom. The molecule has 2 aromatic carbocycles. The predicted octanol–water partition coefficient (Wildman–Crippen LogP) is 4.95. The lowest BCUT2D eigenvalue weighted by molar-refractivity contribution is -0.123. The Bertz CT molecular complexity index is 1010. The van der Waals surface area contributed by atoms with Gasteiger partial charge in [0, 0.05) is 47.9 Å². The van der Waals surface area contributed by atoms with E-state index in [-0.39, 0.29) is 24.4 Å². The van der Waals surface area contributed by atoms with E-state index in [0.717, 1.165) is 11.1 Å². The molecule has 0 spiro atoms. The smallest absolute Gasteiger partial charge is 0.312 e. The van der Waals surface area contributed by atoms with Crippen molar-refractivity contribution in [2.24, 2.45) is 0 Å². The molecule has 2 rings (SSSR count). The highest BCUT2D eigenvalue weighted by molar-refractivity contribution is 7.55. The van der Waals surface area contributed by atoms with Crippen molar-refractivity contribution in [2.75, 3.05) is 40.8 Å². The highest BCUT2D eigenvalue weighted by Crippen LogP contribution is 2.47. The molecule has 9 nitrogen and oxygen atoms in total. The first-order valence-electron chi connectivity index (χ1n) is 11.4. The maximum atomic E-state index is 13.5. The van der Waals surface area contributed by atoms with Crippen LogP contribution in [0.2, 0.25) is 0 Å². The normalized spacial score (nSPS) is 13.0. The van der Waals surface area contributed by atoms with Gasteiger partial charge in [0.25, 0.3) is 0 Å². The first kappa shape index (κ1) is 30.3. The minimum absolute atomic E-state index is 0.0442. The van der Waals surface area contributed by atoms with Gasteiger partial charge in [-0.2, -0.15) is 0 Å². The third kappa shape index (κ3) is 9.49. The van der Waals surface area contributed by atoms with E-state index in [1.54, 1.807) is 0 Å². The Hall–Kier alpha value is -1.96. The fourth-order valence-electron chi connectivity index (χ4n) is 3.76. The van der Waals surface area contributed by atoms with E-state index < -0.39 is 33.6 Å². The third-order valence-corrected chi connectivity index (χ3v) is 9.46. The first-order valence-corrected chi connectivity index (χ1v) is 14.9. The Morgan fingerprint density at radius 3 is 1.56 bits per heavy atom. The monoisotopic (exact) mass is 539 g/mol. The number of Topliss-reactive ketones (excluding diaryl/α,β-unsaturated/α-hetero) is 2. The molecule has 1 atom stereocenters. The van der Waals surface area contributed by atoms with Gasteiger partial charge in [0.1, 0.15) is 18.1 Å². The number of hydrogen-bond acceptors (Lipinski definition) is 9. The molecule has 0 amide bonds. The summed E-state index contributed by atoms with van der Waals surface area (Å²) in [5.41, 5.74) is 1.95. The molecule has 198 valence electrons. The SMILES string of the molecule is COP(=O)(CC(=O)CC[C@@H](C(=O)CP(=O)(OC)OC)N(Cc1ccccc1)Cc1ccccc1)OC. The van der Waals surface area contributed by atoms with Crippen molar-refractivity contribution in [3.63, 3.8) is 0 Å². The summed E-state index contributed by atoms with van der Waals surface area (Å²) in [6, 6.07) is 18.5. The van der Waals surface area contributed by atoms with Gasteiger partial charge in [-0.3, -0.25) is 23.6 Å². The molecule has 0 fully saturated rings. The van der Waals surface area contributed by atoms with Gasteiger partial charge in [-0.05, 0) is 17.5 Å². The summed E-state index contributed by atoms with van der Waals surface area (Å²) in [5.74, 6) is -0.732. The van der Waals surface area contributed by atoms with Gasteiger partial charge in [0.2, 0.25) is 0 Å². The van der Waals surface area contributed by atoms with Crippen molar-refractivity contribution in [1.82, 2.24) is 4.90 Å². The van der Waals surface area contributed by atoms with E-state index in [0.29, 0.717) is 13.1 Å². The molecule has 0 aliphatic heterocycles. The molecule has 0 saturated carbocycles. The fourth-order valence-corrected chi connectivity index (χ4v) is 5.75. The van der Waals surface area contributed by atoms with Crippen LogP contribution in [0.15, 0.2) is 60.7 Å². The van der Waals surface area contributed by atoms with E-state index in [9.17, 15) is 18.7 Å². The summed E-state index contributed by atoms with van der Waals surface area (Å²) < 4.78 is 45.0. The Labute approximate surface area is 213 Å². The first-order chi connectivity index (χ1) is 17.2. The zero-order chi connectivity index (χ0) is 26.6. The van der Waals surface area contributed by atoms with Gasteiger partial charge in [0.05, 0.1) is 6.04 Å². The Kier molecular flexibility index (Phi) is 12.4. The standard InChI is InChI=1S/C25H35NO8P2/c1-31-35(29,32-2)19-23(27)15-16-24(25(28)20-36(30,33-3)34-4)26(17-21-11-7-5-8-12-21)18-22-13-9-6-10-14-22/h5-14,24H,15-20H2,1-4H3/t24-/m0/s1. The molecule has 0 saturated heterocycles. The quantitative estimate of drug-likeness (QED) is 0.258. The van der Waals surface area contributed by atoms with Crippen molar-refractivity contribution >= 4 is 26.8 Å². The lowest BCUT2D eigenvalue weighted by Crippen LogP contribution is -2.42. The zero-order valence-corrected chi connectivity index (χ0v) is 23.0. The van der Waals surface area contributed by atoms with Gasteiger partial charge in [0.15, 0.2) is 5.78 Å². The number of carbonyl (C=O) groups excluding carboxylic acids is 2. The van der Waals surface area contributed by atoms with E-state index in [4.69, 9.17) is 18.1 Å². The number of ketones is 2. The van der Waals surface area contributed by atoms with Crippen LogP contribution in [0.1, 0.15) is 24.0 Å². The number of carbonyl (C=O) groups is 2. The van der Waals surface area contributed by atoms with Crippen molar-refractivity contribution in [2.45, 2.75) is 32.0 Å². The van der Waals surface area contributed by atoms with E-state index in [1.807, 2.05) is 65.6 Å². The summed E-state index contributed by atoms with van der Waals surface area (Å²) in [5, 5.41) is 0. The summed E-state index contributed by atoms with van der Waals surface area (Å²) in [7, 11) is -2.26. The summed E-state index contributed by atoms with van der Waals surface area (Å²) in [6.45, 7) is 0.832. The van der Waals surface area contributed by atoms with Gasteiger partial charge in [-0.25, -0.2) is 0 Å². The highest BCUT2D eigenvalue weighted by atomic mass is 31.2. The van der Waals surface area contributed by atoms with Crippen LogP contribution in [0.4, 0.5) is 0 Å². The molecule has 0 N–H and O–H groups in total. The van der Waals surface area contributed by atoms with Crippen molar-refractivity contribution < 1.29 is 36.8 Å². The second-order valence-electron chi connectivity index (χ2n) is 8.20. The number of benzene rings is 2. The van der Waals surface area contributed by atoms with Gasteiger partial charge < -0.3 is 18.1 Å². The molecule has 0 aliphatic carbocycles. The topological polar surface area (TPSA) is 108 Å². The average Bonchev–Trinajstić information content (AvgIpc) is 2.89. The zero-order valence-electron chi connectivity index (χ0n) is 21.2. The summed E-state index contributed by atoms with van der Waals surface area (Å²) in [4.78, 5) is 28.1. The number of hydrogen-bond donors (Lipinski definition) is 0. The third-order valence-electron chi connectivity index (χ3n) is 5.80. The maximum Gasteiger partial charge on any atom is 0.337 e. The molecule has 11 heteroatoms. The van der Waals surface area contributed by atoms with Crippen LogP contribution in [0.25, 0.3) is 0 Å². The van der Waals surface area contributed by atoms with Crippen LogP contribution >= 0.6 is 15.2 Å². The molecule has 0 aliphatic rings. The van der Waals surface area contributed by atoms with Gasteiger partial charge in [-0.1, -0.05) is 60.7 Å². The van der Waals surface area contributed by atoms with Crippen molar-refractivity contribution in [3.05, 3.63) is 71.8 Å². The molecule has 0 unspecified atom stereocenters. The van der Waals surface area contributed by atoms with E-state index >= 15 is 0 Å². The number of nitrogens with zero attached hydrogens (tertiary/aromatic N) is 1. The number of rotatable bonds is 17. The molecule has 0 radical (unpaired) electrons. The van der Waals surface area contributed by atoms with Crippen LogP contribution in [0.3, 0.4) is 0 Å². The second-order valence-corrected chi connectivity index (χ2v) is 12.7. The molecular weight excluding hydrogens is 504 g/mol. The lowest BCUT2D eigenvalue weighted by Gasteiger charge is -2.31. The summed E-state index contributed by atoms with van der Waals surface area (Å²) >= 11 is 0. The van der Waals surface area contributed by atoms with Crippen molar-refractivity contribution in [1.29, 1.82) is 0 Å². The predicted molar refractivity (Wildman–Crippen MR) is 138 cm³/mol. The van der Waals surface area contributed by atoms with E-state index in [1.165, 1.54) is 28.4 Å². The van der Waals surface area contributed by atoms with Crippen LogP contribution in [0, 0.1) is 0 Å².